The van der Waals surface area contributed by atoms with E-state index in [1.807, 2.05) is 6.92 Å². The van der Waals surface area contributed by atoms with Crippen molar-refractivity contribution in [2.24, 2.45) is 0 Å². The third kappa shape index (κ3) is 6.76. The number of halogens is 2. The zero-order chi connectivity index (χ0) is 7.40. The molecule has 4 heteroatoms. The van der Waals surface area contributed by atoms with Crippen LogP contribution in [0.15, 0.2) is 17.7 Å². The Morgan fingerprint density at radius 3 is 2.54 bits per heavy atom. The summed E-state index contributed by atoms with van der Waals surface area (Å²) in [7, 11) is 0. The largest absolute Gasteiger partial charge is 3.00 e. The summed E-state index contributed by atoms with van der Waals surface area (Å²) in [6.45, 7) is 4.84. The molecular formula is C9H13Cl2OTi. The molecule has 1 unspecified atom stereocenters. The van der Waals surface area contributed by atoms with Crippen LogP contribution in [0.4, 0.5) is 0 Å². The molecule has 0 fully saturated rings. The van der Waals surface area contributed by atoms with E-state index >= 15 is 0 Å². The third-order valence-corrected chi connectivity index (χ3v) is 1.58. The molecule has 1 radical (unpaired) electrons. The van der Waals surface area contributed by atoms with Gasteiger partial charge in [0.2, 0.25) is 0 Å². The van der Waals surface area contributed by atoms with Gasteiger partial charge >= 0.3 is 21.7 Å². The van der Waals surface area contributed by atoms with E-state index in [1.165, 1.54) is 5.57 Å². The zero-order valence-corrected chi connectivity index (χ0v) is 10.9. The van der Waals surface area contributed by atoms with Crippen molar-refractivity contribution in [3.63, 3.8) is 0 Å². The van der Waals surface area contributed by atoms with Crippen molar-refractivity contribution < 1.29 is 51.3 Å². The predicted molar refractivity (Wildman–Crippen MR) is 41.6 cm³/mol. The van der Waals surface area contributed by atoms with E-state index in [-0.39, 0.29) is 52.6 Å². The van der Waals surface area contributed by atoms with Crippen molar-refractivity contribution in [2.45, 2.75) is 26.4 Å². The van der Waals surface area contributed by atoms with Crippen LogP contribution in [0.5, 0.6) is 0 Å². The van der Waals surface area contributed by atoms with Crippen LogP contribution in [0.1, 0.15) is 20.3 Å². The molecule has 0 spiro atoms. The van der Waals surface area contributed by atoms with Gasteiger partial charge in [-0.05, 0) is 13.8 Å². The number of ether oxygens (including phenoxy) is 1. The van der Waals surface area contributed by atoms with Crippen molar-refractivity contribution >= 4 is 0 Å². The Morgan fingerprint density at radius 2 is 2.15 bits per heavy atom. The molecule has 0 saturated carbocycles. The van der Waals surface area contributed by atoms with Crippen LogP contribution in [-0.2, 0) is 26.5 Å². The summed E-state index contributed by atoms with van der Waals surface area (Å²) in [4.78, 5) is 0. The first-order valence-electron chi connectivity index (χ1n) is 3.73. The number of allylic oxidation sites excluding steroid dienone is 2. The van der Waals surface area contributed by atoms with E-state index in [2.05, 4.69) is 25.2 Å². The van der Waals surface area contributed by atoms with Gasteiger partial charge in [-0.15, -0.1) is 6.42 Å². The van der Waals surface area contributed by atoms with E-state index in [1.54, 1.807) is 0 Å². The van der Waals surface area contributed by atoms with Crippen molar-refractivity contribution in [3.8, 4) is 0 Å². The standard InChI is InChI=1S/C9H13O.2ClH.Ti/c1-3-10-8(2)9-6-4-5-7-9;;;/h4,6,8H,3,5H2,1-2H3;2*1H;/q-1;;;+3/p-2. The first-order valence-corrected chi connectivity index (χ1v) is 3.73. The summed E-state index contributed by atoms with van der Waals surface area (Å²) >= 11 is 0. The summed E-state index contributed by atoms with van der Waals surface area (Å²) < 4.78 is 5.37. The van der Waals surface area contributed by atoms with Crippen LogP contribution in [-0.4, -0.2) is 12.7 Å². The molecule has 0 amide bonds. The van der Waals surface area contributed by atoms with Crippen LogP contribution < -0.4 is 24.8 Å². The molecule has 0 aromatic carbocycles. The Hall–Kier alpha value is 0.734. The van der Waals surface area contributed by atoms with E-state index in [4.69, 9.17) is 4.74 Å². The van der Waals surface area contributed by atoms with Crippen LogP contribution >= 0.6 is 0 Å². The smallest absolute Gasteiger partial charge is 1.00 e. The number of rotatable bonds is 3. The van der Waals surface area contributed by atoms with E-state index in [9.17, 15) is 0 Å². The molecule has 13 heavy (non-hydrogen) atoms. The van der Waals surface area contributed by atoms with Gasteiger partial charge in [0.1, 0.15) is 0 Å². The molecule has 0 aromatic rings. The van der Waals surface area contributed by atoms with Crippen molar-refractivity contribution in [1.29, 1.82) is 0 Å². The summed E-state index contributed by atoms with van der Waals surface area (Å²) in [5.41, 5.74) is 1.20. The Morgan fingerprint density at radius 1 is 1.54 bits per heavy atom. The summed E-state index contributed by atoms with van der Waals surface area (Å²) in [5.74, 6) is 0. The Labute approximate surface area is 108 Å². The molecule has 1 rings (SSSR count). The normalized spacial score (nSPS) is 14.8. The quantitative estimate of drug-likeness (QED) is 0.370. The van der Waals surface area contributed by atoms with Gasteiger partial charge in [-0.2, -0.15) is 11.6 Å². The molecule has 1 atom stereocenters. The maximum Gasteiger partial charge on any atom is 3.00 e. The minimum absolute atomic E-state index is 0. The number of hydrogen-bond acceptors (Lipinski definition) is 1. The fourth-order valence-corrected chi connectivity index (χ4v) is 1.04. The predicted octanol–water partition coefficient (Wildman–Crippen LogP) is -3.89. The minimum Gasteiger partial charge on any atom is -1.00 e. The molecular weight excluding hydrogens is 243 g/mol. The second-order valence-electron chi connectivity index (χ2n) is 2.34. The van der Waals surface area contributed by atoms with E-state index < -0.39 is 0 Å². The van der Waals surface area contributed by atoms with E-state index in [0.717, 1.165) is 13.0 Å². The summed E-state index contributed by atoms with van der Waals surface area (Å²) in [5, 5.41) is 0. The molecule has 1 aliphatic rings. The monoisotopic (exact) mass is 255 g/mol. The molecule has 0 saturated heterocycles. The van der Waals surface area contributed by atoms with Crippen molar-refractivity contribution in [2.75, 3.05) is 6.61 Å². The second kappa shape index (κ2) is 10.8. The van der Waals surface area contributed by atoms with Crippen LogP contribution in [0.3, 0.4) is 0 Å². The average molecular weight is 256 g/mol. The second-order valence-corrected chi connectivity index (χ2v) is 2.34. The van der Waals surface area contributed by atoms with Gasteiger partial charge in [-0.1, -0.05) is 0 Å². The van der Waals surface area contributed by atoms with Gasteiger partial charge in [0.05, 0.1) is 0 Å². The van der Waals surface area contributed by atoms with Gasteiger partial charge in [0, 0.05) is 12.7 Å². The molecule has 73 valence electrons. The van der Waals surface area contributed by atoms with Gasteiger partial charge in [0.15, 0.2) is 0 Å². The van der Waals surface area contributed by atoms with Crippen LogP contribution in [0, 0.1) is 6.08 Å². The van der Waals surface area contributed by atoms with Gasteiger partial charge < -0.3 is 29.6 Å². The Bertz CT molecular complexity index is 169. The molecule has 0 aromatic heterocycles. The SMILES string of the molecule is CCOC(C)C1=[C-]CC=C1.[Cl-].[Cl-].[Ti+3]. The molecule has 0 N–H and O–H groups in total. The van der Waals surface area contributed by atoms with E-state index in [0.29, 0.717) is 0 Å². The van der Waals surface area contributed by atoms with Crippen molar-refractivity contribution in [3.05, 3.63) is 23.8 Å². The van der Waals surface area contributed by atoms with Crippen LogP contribution in [0.2, 0.25) is 0 Å². The first-order chi connectivity index (χ1) is 4.84. The first kappa shape index (κ1) is 19.3. The van der Waals surface area contributed by atoms with Gasteiger partial charge in [-0.3, -0.25) is 6.08 Å². The summed E-state index contributed by atoms with van der Waals surface area (Å²) in [6, 6.07) is 0. The molecule has 0 aliphatic heterocycles. The number of hydrogen-bond donors (Lipinski definition) is 0. The summed E-state index contributed by atoms with van der Waals surface area (Å²) in [6.07, 6.45) is 8.58. The Balaban J connectivity index is -0.000000333. The van der Waals surface area contributed by atoms with Crippen molar-refractivity contribution in [1.82, 2.24) is 0 Å². The fraction of sp³-hybridized carbons (Fsp3) is 0.556. The Kier molecular flexibility index (Phi) is 16.1. The zero-order valence-electron chi connectivity index (χ0n) is 7.81. The topological polar surface area (TPSA) is 9.23 Å². The van der Waals surface area contributed by atoms with Gasteiger partial charge in [0.25, 0.3) is 0 Å². The third-order valence-electron chi connectivity index (χ3n) is 1.58. The molecule has 1 nitrogen and oxygen atoms in total. The molecule has 1 aliphatic carbocycles. The minimum atomic E-state index is 0. The van der Waals surface area contributed by atoms with Crippen LogP contribution in [0.25, 0.3) is 0 Å². The fourth-order valence-electron chi connectivity index (χ4n) is 1.04. The van der Waals surface area contributed by atoms with Gasteiger partial charge in [-0.25, -0.2) is 6.08 Å². The molecule has 0 heterocycles. The maximum absolute atomic E-state index is 5.37. The maximum atomic E-state index is 5.37. The average Bonchev–Trinajstić information content (AvgIpc) is 2.38. The molecule has 0 bridgehead atoms.